The van der Waals surface area contributed by atoms with E-state index in [4.69, 9.17) is 0 Å². The van der Waals surface area contributed by atoms with Crippen molar-refractivity contribution >= 4 is 33.0 Å². The van der Waals surface area contributed by atoms with Gasteiger partial charge in [-0.05, 0) is 74.2 Å². The van der Waals surface area contributed by atoms with Crippen molar-refractivity contribution in [2.45, 2.75) is 26.2 Å². The maximum absolute atomic E-state index is 12.6. The first-order valence-electron chi connectivity index (χ1n) is 9.46. The second kappa shape index (κ2) is 8.22. The number of hydrogen-bond donors (Lipinski definition) is 1. The van der Waals surface area contributed by atoms with Crippen LogP contribution in [0.1, 0.15) is 35.2 Å². The van der Waals surface area contributed by atoms with E-state index in [9.17, 15) is 13.2 Å². The molecule has 0 saturated carbocycles. The topological polar surface area (TPSA) is 69.7 Å². The Morgan fingerprint density at radius 3 is 2.25 bits per heavy atom. The summed E-state index contributed by atoms with van der Waals surface area (Å²) in [6.45, 7) is 3.96. The lowest BCUT2D eigenvalue weighted by atomic mass is 10.1. The third-order valence-electron chi connectivity index (χ3n) is 5.14. The Bertz CT molecular complexity index is 949. The normalized spacial score (nSPS) is 14.6. The molecule has 1 heterocycles. The van der Waals surface area contributed by atoms with Crippen molar-refractivity contribution in [1.82, 2.24) is 0 Å². The monoisotopic (exact) mass is 401 g/mol. The summed E-state index contributed by atoms with van der Waals surface area (Å²) in [7, 11) is -1.84. The smallest absolute Gasteiger partial charge is 0.255 e. The molecule has 1 N–H and O–H groups in total. The number of carbonyl (C=O) groups is 1. The molecular formula is C21H27N3O3S. The minimum absolute atomic E-state index is 0.220. The molecule has 1 aliphatic heterocycles. The number of rotatable bonds is 5. The van der Waals surface area contributed by atoms with E-state index in [2.05, 4.69) is 10.2 Å². The number of nitrogens with zero attached hydrogens (tertiary/aromatic N) is 2. The molecule has 0 unspecified atom stereocenters. The van der Waals surface area contributed by atoms with Crippen molar-refractivity contribution in [3.63, 3.8) is 0 Å². The van der Waals surface area contributed by atoms with Crippen molar-refractivity contribution in [3.05, 3.63) is 53.6 Å². The number of carbonyl (C=O) groups excluding carboxylic acids is 1. The molecule has 1 saturated heterocycles. The molecule has 3 rings (SSSR count). The molecule has 1 amide bonds. The largest absolute Gasteiger partial charge is 0.372 e. The molecule has 2 aromatic carbocycles. The minimum atomic E-state index is -3.34. The molecule has 28 heavy (non-hydrogen) atoms. The van der Waals surface area contributed by atoms with Crippen LogP contribution in [0.2, 0.25) is 0 Å². The average molecular weight is 402 g/mol. The molecule has 1 aliphatic rings. The number of hydrogen-bond acceptors (Lipinski definition) is 4. The average Bonchev–Trinajstić information content (AvgIpc) is 2.68. The van der Waals surface area contributed by atoms with Gasteiger partial charge in [-0.15, -0.1) is 0 Å². The highest BCUT2D eigenvalue weighted by atomic mass is 32.2. The van der Waals surface area contributed by atoms with Crippen LogP contribution in [0.5, 0.6) is 0 Å². The van der Waals surface area contributed by atoms with Gasteiger partial charge in [0.25, 0.3) is 5.91 Å². The third kappa shape index (κ3) is 4.65. The van der Waals surface area contributed by atoms with Crippen LogP contribution in [0, 0.1) is 6.92 Å². The number of sulfonamides is 1. The first kappa shape index (κ1) is 20.2. The number of amides is 1. The summed E-state index contributed by atoms with van der Waals surface area (Å²) in [5, 5.41) is 2.91. The first-order valence-corrected chi connectivity index (χ1v) is 11.3. The molecule has 6 nitrogen and oxygen atoms in total. The second-order valence-corrected chi connectivity index (χ2v) is 9.29. The van der Waals surface area contributed by atoms with Gasteiger partial charge in [-0.1, -0.05) is 0 Å². The Balaban J connectivity index is 1.70. The van der Waals surface area contributed by atoms with E-state index in [1.54, 1.807) is 25.1 Å². The van der Waals surface area contributed by atoms with Gasteiger partial charge in [0.2, 0.25) is 10.0 Å². The lowest BCUT2D eigenvalue weighted by Crippen LogP contribution is -2.29. The van der Waals surface area contributed by atoms with Crippen LogP contribution < -0.4 is 14.5 Å². The van der Waals surface area contributed by atoms with E-state index in [1.807, 2.05) is 24.3 Å². The number of benzene rings is 2. The van der Waals surface area contributed by atoms with Crippen LogP contribution >= 0.6 is 0 Å². The van der Waals surface area contributed by atoms with Gasteiger partial charge >= 0.3 is 0 Å². The van der Waals surface area contributed by atoms with Gasteiger partial charge in [0.15, 0.2) is 0 Å². The highest BCUT2D eigenvalue weighted by molar-refractivity contribution is 7.92. The Hall–Kier alpha value is -2.54. The van der Waals surface area contributed by atoms with Crippen LogP contribution in [0.25, 0.3) is 0 Å². The van der Waals surface area contributed by atoms with E-state index in [0.29, 0.717) is 11.3 Å². The quantitative estimate of drug-likeness (QED) is 0.831. The molecule has 2 aromatic rings. The van der Waals surface area contributed by atoms with Crippen molar-refractivity contribution in [1.29, 1.82) is 0 Å². The SMILES string of the molecule is Cc1cc(C(=O)Nc2ccc(N3CCCCC3)cc2)ccc1N(C)S(C)(=O)=O. The van der Waals surface area contributed by atoms with Crippen molar-refractivity contribution in [3.8, 4) is 0 Å². The van der Waals surface area contributed by atoms with Gasteiger partial charge in [0, 0.05) is 37.1 Å². The molecular weight excluding hydrogens is 374 g/mol. The molecule has 0 aromatic heterocycles. The summed E-state index contributed by atoms with van der Waals surface area (Å²) in [5.74, 6) is -0.220. The summed E-state index contributed by atoms with van der Waals surface area (Å²) < 4.78 is 24.7. The predicted molar refractivity (Wildman–Crippen MR) is 115 cm³/mol. The van der Waals surface area contributed by atoms with Crippen LogP contribution in [0.15, 0.2) is 42.5 Å². The summed E-state index contributed by atoms with van der Waals surface area (Å²) in [4.78, 5) is 14.9. The van der Waals surface area contributed by atoms with Crippen molar-refractivity contribution in [2.24, 2.45) is 0 Å². The van der Waals surface area contributed by atoms with E-state index in [1.165, 1.54) is 36.3 Å². The molecule has 0 aliphatic carbocycles. The Morgan fingerprint density at radius 2 is 1.68 bits per heavy atom. The van der Waals surface area contributed by atoms with Gasteiger partial charge in [-0.3, -0.25) is 9.10 Å². The Labute approximate surface area is 167 Å². The molecule has 0 bridgehead atoms. The standard InChI is InChI=1S/C21H27N3O3S/c1-16-15-17(7-12-20(16)23(2)28(3,26)27)21(25)22-18-8-10-19(11-9-18)24-13-5-4-6-14-24/h7-12,15H,4-6,13-14H2,1-3H3,(H,22,25). The number of piperidine rings is 1. The highest BCUT2D eigenvalue weighted by Gasteiger charge is 2.16. The molecule has 0 spiro atoms. The predicted octanol–water partition coefficient (Wildman–Crippen LogP) is 3.63. The van der Waals surface area contributed by atoms with Crippen molar-refractivity contribution < 1.29 is 13.2 Å². The Morgan fingerprint density at radius 1 is 1.04 bits per heavy atom. The zero-order chi connectivity index (χ0) is 20.3. The van der Waals surface area contributed by atoms with Gasteiger partial charge in [-0.25, -0.2) is 8.42 Å². The fraction of sp³-hybridized carbons (Fsp3) is 0.381. The van der Waals surface area contributed by atoms with E-state index >= 15 is 0 Å². The first-order chi connectivity index (χ1) is 13.3. The molecule has 0 atom stereocenters. The maximum atomic E-state index is 12.6. The van der Waals surface area contributed by atoms with E-state index in [0.717, 1.165) is 30.6 Å². The van der Waals surface area contributed by atoms with Gasteiger partial charge in [0.1, 0.15) is 0 Å². The lowest BCUT2D eigenvalue weighted by Gasteiger charge is -2.28. The summed E-state index contributed by atoms with van der Waals surface area (Å²) in [6, 6.07) is 12.9. The number of anilines is 3. The van der Waals surface area contributed by atoms with Crippen molar-refractivity contribution in [2.75, 3.05) is 40.9 Å². The zero-order valence-electron chi connectivity index (χ0n) is 16.6. The van der Waals surface area contributed by atoms with Gasteiger partial charge < -0.3 is 10.2 Å². The second-order valence-electron chi connectivity index (χ2n) is 7.28. The van der Waals surface area contributed by atoms with Crippen LogP contribution in [0.4, 0.5) is 17.1 Å². The number of nitrogens with one attached hydrogen (secondary N) is 1. The van der Waals surface area contributed by atoms with Crippen LogP contribution in [0.3, 0.4) is 0 Å². The molecule has 150 valence electrons. The maximum Gasteiger partial charge on any atom is 0.255 e. The number of aryl methyl sites for hydroxylation is 1. The molecule has 1 fully saturated rings. The zero-order valence-corrected chi connectivity index (χ0v) is 17.4. The van der Waals surface area contributed by atoms with E-state index < -0.39 is 10.0 Å². The fourth-order valence-electron chi connectivity index (χ4n) is 3.44. The fourth-order valence-corrected chi connectivity index (χ4v) is 4.00. The summed E-state index contributed by atoms with van der Waals surface area (Å²) >= 11 is 0. The molecule has 0 radical (unpaired) electrons. The Kier molecular flexibility index (Phi) is 5.93. The van der Waals surface area contributed by atoms with Gasteiger partial charge in [-0.2, -0.15) is 0 Å². The summed E-state index contributed by atoms with van der Waals surface area (Å²) in [6.07, 6.45) is 4.90. The summed E-state index contributed by atoms with van der Waals surface area (Å²) in [5.41, 5.74) is 3.69. The third-order valence-corrected chi connectivity index (χ3v) is 6.33. The minimum Gasteiger partial charge on any atom is -0.372 e. The lowest BCUT2D eigenvalue weighted by molar-refractivity contribution is 0.102. The van der Waals surface area contributed by atoms with Gasteiger partial charge in [0.05, 0.1) is 11.9 Å². The molecule has 7 heteroatoms. The van der Waals surface area contributed by atoms with Crippen LogP contribution in [-0.4, -0.2) is 40.7 Å². The van der Waals surface area contributed by atoms with Crippen LogP contribution in [-0.2, 0) is 10.0 Å². The van der Waals surface area contributed by atoms with E-state index in [-0.39, 0.29) is 5.91 Å². The highest BCUT2D eigenvalue weighted by Crippen LogP contribution is 2.24.